The van der Waals surface area contributed by atoms with Gasteiger partial charge in [-0.25, -0.2) is 0 Å². The number of fused-ring (bicyclic) bond motifs is 3. The fraction of sp³-hybridized carbons (Fsp3) is 0. The molecule has 63 heavy (non-hydrogen) atoms. The van der Waals surface area contributed by atoms with E-state index < -0.39 is 0 Å². The molecule has 0 radical (unpaired) electrons. The molecule has 0 aliphatic carbocycles. The van der Waals surface area contributed by atoms with Crippen LogP contribution in [0.1, 0.15) is 0 Å². The van der Waals surface area contributed by atoms with Crippen LogP contribution in [0.2, 0.25) is 0 Å². The summed E-state index contributed by atoms with van der Waals surface area (Å²) in [6.45, 7) is 0. The maximum Gasteiger partial charge on any atom is 0.0540 e. The Morgan fingerprint density at radius 3 is 1.03 bits per heavy atom. The van der Waals surface area contributed by atoms with E-state index in [2.05, 4.69) is 265 Å². The van der Waals surface area contributed by atoms with Crippen LogP contribution in [0.5, 0.6) is 0 Å². The Morgan fingerprint density at radius 2 is 0.571 bits per heavy atom. The minimum absolute atomic E-state index is 1.08. The van der Waals surface area contributed by atoms with Crippen molar-refractivity contribution >= 4 is 65.6 Å². The molecule has 0 spiro atoms. The van der Waals surface area contributed by atoms with E-state index in [1.54, 1.807) is 0 Å². The maximum atomic E-state index is 2.43. The Hall–Kier alpha value is -7.98. The van der Waals surface area contributed by atoms with E-state index >= 15 is 0 Å². The van der Waals surface area contributed by atoms with Gasteiger partial charge in [0, 0.05) is 54.0 Å². The molecular formula is C60H42N2S. The van der Waals surface area contributed by atoms with E-state index in [1.807, 2.05) is 11.3 Å². The van der Waals surface area contributed by atoms with Gasteiger partial charge in [-0.3, -0.25) is 0 Å². The van der Waals surface area contributed by atoms with Crippen molar-refractivity contribution in [3.05, 3.63) is 255 Å². The molecule has 0 bridgehead atoms. The highest BCUT2D eigenvalue weighted by Crippen LogP contribution is 2.48. The van der Waals surface area contributed by atoms with Crippen molar-refractivity contribution in [2.45, 2.75) is 0 Å². The van der Waals surface area contributed by atoms with E-state index in [1.165, 1.54) is 53.6 Å². The first-order chi connectivity index (χ1) is 31.2. The lowest BCUT2D eigenvalue weighted by Gasteiger charge is -2.31. The van der Waals surface area contributed by atoms with E-state index in [9.17, 15) is 0 Å². The van der Waals surface area contributed by atoms with Gasteiger partial charge in [-0.2, -0.15) is 0 Å². The molecule has 0 saturated heterocycles. The second kappa shape index (κ2) is 16.8. The van der Waals surface area contributed by atoms with Gasteiger partial charge in [0.1, 0.15) is 0 Å². The van der Waals surface area contributed by atoms with Crippen LogP contribution in [0, 0.1) is 0 Å². The van der Waals surface area contributed by atoms with E-state index in [0.29, 0.717) is 0 Å². The lowest BCUT2D eigenvalue weighted by atomic mass is 9.97. The molecule has 0 atom stereocenters. The molecule has 298 valence electrons. The monoisotopic (exact) mass is 822 g/mol. The number of hydrogen-bond acceptors (Lipinski definition) is 3. The first kappa shape index (κ1) is 38.0. The lowest BCUT2D eigenvalue weighted by Crippen LogP contribution is -2.13. The predicted octanol–water partition coefficient (Wildman–Crippen LogP) is 17.7. The number of hydrogen-bond donors (Lipinski definition) is 0. The zero-order valence-electron chi connectivity index (χ0n) is 34.6. The van der Waals surface area contributed by atoms with Crippen molar-refractivity contribution < 1.29 is 0 Å². The second-order valence-corrected chi connectivity index (χ2v) is 16.8. The highest BCUT2D eigenvalue weighted by molar-refractivity contribution is 7.25. The molecule has 0 amide bonds. The Balaban J connectivity index is 1.08. The van der Waals surface area contributed by atoms with Crippen molar-refractivity contribution in [2.75, 3.05) is 9.80 Å². The third-order valence-corrected chi connectivity index (χ3v) is 13.0. The number of benzene rings is 10. The summed E-state index contributed by atoms with van der Waals surface area (Å²) >= 11 is 1.85. The quantitative estimate of drug-likeness (QED) is 0.136. The number of para-hydroxylation sites is 2. The standard InChI is InChI=1S/C60H42N2S/c1-4-16-43(17-5-1)46-28-34-49(35-29-46)61(50-36-30-47(31-37-50)44-18-6-2-7-19-44)57-25-13-10-22-53(57)54-23-11-14-26-58(54)62(51-38-32-48(33-39-51)45-20-8-3-9-21-45)52-40-41-56-55-24-12-15-27-59(55)63-60(56)42-52/h1-42H. The second-order valence-electron chi connectivity index (χ2n) is 15.7. The number of rotatable bonds is 10. The first-order valence-corrected chi connectivity index (χ1v) is 22.2. The molecular weight excluding hydrogens is 781 g/mol. The minimum atomic E-state index is 1.08. The van der Waals surface area contributed by atoms with Crippen LogP contribution in [0.3, 0.4) is 0 Å². The lowest BCUT2D eigenvalue weighted by molar-refractivity contribution is 1.27. The van der Waals surface area contributed by atoms with Crippen LogP contribution in [0.4, 0.5) is 34.1 Å². The summed E-state index contributed by atoms with van der Waals surface area (Å²) in [5.74, 6) is 0. The fourth-order valence-corrected chi connectivity index (χ4v) is 9.94. The summed E-state index contributed by atoms with van der Waals surface area (Å²) in [6.07, 6.45) is 0. The molecule has 0 aliphatic heterocycles. The largest absolute Gasteiger partial charge is 0.310 e. The van der Waals surface area contributed by atoms with Crippen LogP contribution in [0.25, 0.3) is 64.7 Å². The van der Waals surface area contributed by atoms with Crippen molar-refractivity contribution in [2.24, 2.45) is 0 Å². The van der Waals surface area contributed by atoms with Crippen molar-refractivity contribution in [1.82, 2.24) is 0 Å². The Morgan fingerprint density at radius 1 is 0.238 bits per heavy atom. The molecule has 1 aromatic heterocycles. The van der Waals surface area contributed by atoms with Gasteiger partial charge in [-0.05, 0) is 100 Å². The summed E-state index contributed by atoms with van der Waals surface area (Å²) in [5, 5.41) is 2.58. The normalized spacial score (nSPS) is 11.2. The SMILES string of the molecule is c1ccc(-c2ccc(N(c3ccc(-c4ccccc4)cc3)c3ccccc3-c3ccccc3N(c3ccc(-c4ccccc4)cc3)c3ccc4c(c3)sc3ccccc34)cc2)cc1. The summed E-state index contributed by atoms with van der Waals surface area (Å²) in [4.78, 5) is 4.83. The molecule has 0 saturated carbocycles. The molecule has 3 heteroatoms. The van der Waals surface area contributed by atoms with Crippen LogP contribution < -0.4 is 9.80 Å². The van der Waals surface area contributed by atoms with Crippen LogP contribution in [0.15, 0.2) is 255 Å². The van der Waals surface area contributed by atoms with Gasteiger partial charge >= 0.3 is 0 Å². The highest BCUT2D eigenvalue weighted by Gasteiger charge is 2.23. The van der Waals surface area contributed by atoms with E-state index in [-0.39, 0.29) is 0 Å². The molecule has 1 heterocycles. The van der Waals surface area contributed by atoms with Gasteiger partial charge in [0.15, 0.2) is 0 Å². The van der Waals surface area contributed by atoms with Gasteiger partial charge in [0.25, 0.3) is 0 Å². The minimum Gasteiger partial charge on any atom is -0.310 e. The van der Waals surface area contributed by atoms with Crippen LogP contribution >= 0.6 is 11.3 Å². The molecule has 0 N–H and O–H groups in total. The van der Waals surface area contributed by atoms with Gasteiger partial charge in [-0.1, -0.05) is 188 Å². The molecule has 10 aromatic carbocycles. The highest BCUT2D eigenvalue weighted by atomic mass is 32.1. The van der Waals surface area contributed by atoms with Gasteiger partial charge < -0.3 is 9.80 Å². The topological polar surface area (TPSA) is 6.48 Å². The van der Waals surface area contributed by atoms with Crippen molar-refractivity contribution in [3.63, 3.8) is 0 Å². The first-order valence-electron chi connectivity index (χ1n) is 21.4. The number of nitrogens with zero attached hydrogens (tertiary/aromatic N) is 2. The molecule has 0 aliphatic rings. The fourth-order valence-electron chi connectivity index (χ4n) is 8.80. The van der Waals surface area contributed by atoms with Gasteiger partial charge in [0.05, 0.1) is 11.4 Å². The third-order valence-electron chi connectivity index (χ3n) is 11.9. The Labute approximate surface area is 372 Å². The molecule has 0 fully saturated rings. The zero-order chi connectivity index (χ0) is 42.0. The van der Waals surface area contributed by atoms with Gasteiger partial charge in [-0.15, -0.1) is 11.3 Å². The maximum absolute atomic E-state index is 2.43. The molecule has 0 unspecified atom stereocenters. The zero-order valence-corrected chi connectivity index (χ0v) is 35.4. The molecule has 11 aromatic rings. The van der Waals surface area contributed by atoms with E-state index in [0.717, 1.165) is 45.3 Å². The van der Waals surface area contributed by atoms with Crippen molar-refractivity contribution in [3.8, 4) is 44.5 Å². The Kier molecular flexibility index (Phi) is 10.1. The molecule has 11 rings (SSSR count). The van der Waals surface area contributed by atoms with Gasteiger partial charge in [0.2, 0.25) is 0 Å². The van der Waals surface area contributed by atoms with Crippen LogP contribution in [-0.4, -0.2) is 0 Å². The van der Waals surface area contributed by atoms with E-state index in [4.69, 9.17) is 0 Å². The predicted molar refractivity (Wildman–Crippen MR) is 270 cm³/mol. The van der Waals surface area contributed by atoms with Crippen molar-refractivity contribution in [1.29, 1.82) is 0 Å². The average Bonchev–Trinajstić information content (AvgIpc) is 3.74. The Bertz CT molecular complexity index is 3220. The number of thiophene rings is 1. The average molecular weight is 823 g/mol. The summed E-state index contributed by atoms with van der Waals surface area (Å²) in [6, 6.07) is 92.1. The van der Waals surface area contributed by atoms with Crippen LogP contribution in [-0.2, 0) is 0 Å². The molecule has 2 nitrogen and oxygen atoms in total. The third kappa shape index (κ3) is 7.46. The summed E-state index contributed by atoms with van der Waals surface area (Å²) in [5.41, 5.74) is 15.9. The summed E-state index contributed by atoms with van der Waals surface area (Å²) < 4.78 is 2.56. The summed E-state index contributed by atoms with van der Waals surface area (Å²) in [7, 11) is 0. The number of anilines is 6. The smallest absolute Gasteiger partial charge is 0.0540 e.